The van der Waals surface area contributed by atoms with Crippen molar-refractivity contribution < 1.29 is 8.78 Å². The number of aromatic nitrogens is 1. The molecule has 0 unspecified atom stereocenters. The van der Waals surface area contributed by atoms with E-state index in [2.05, 4.69) is 4.98 Å². The van der Waals surface area contributed by atoms with Crippen LogP contribution in [-0.4, -0.2) is 4.98 Å². The van der Waals surface area contributed by atoms with Gasteiger partial charge < -0.3 is 0 Å². The van der Waals surface area contributed by atoms with Crippen LogP contribution in [-0.2, 0) is 0 Å². The Hall–Kier alpha value is -0.990. The lowest BCUT2D eigenvalue weighted by atomic mass is 9.80. The third-order valence-electron chi connectivity index (χ3n) is 2.40. The minimum Gasteiger partial charge on any atom is -0.259 e. The maximum Gasteiger partial charge on any atom is 0.147 e. The molecular weight excluding hydrogens is 160 g/mol. The van der Waals surface area contributed by atoms with Gasteiger partial charge in [-0.1, -0.05) is 6.42 Å². The second kappa shape index (κ2) is 2.81. The van der Waals surface area contributed by atoms with Gasteiger partial charge in [0.2, 0.25) is 0 Å². The second-order valence-corrected chi connectivity index (χ2v) is 3.14. The average molecular weight is 169 g/mol. The fourth-order valence-corrected chi connectivity index (χ4v) is 1.51. The van der Waals surface area contributed by atoms with Gasteiger partial charge in [0.1, 0.15) is 11.6 Å². The first-order chi connectivity index (χ1) is 5.79. The van der Waals surface area contributed by atoms with Crippen LogP contribution in [0.1, 0.15) is 30.7 Å². The van der Waals surface area contributed by atoms with Crippen LogP contribution in [0, 0.1) is 11.6 Å². The van der Waals surface area contributed by atoms with E-state index in [1.807, 2.05) is 0 Å². The highest BCUT2D eigenvalue weighted by Gasteiger charge is 2.25. The lowest BCUT2D eigenvalue weighted by Crippen LogP contribution is -2.13. The van der Waals surface area contributed by atoms with Gasteiger partial charge in [0, 0.05) is 5.56 Å². The molecule has 0 radical (unpaired) electrons. The number of pyridine rings is 1. The minimum atomic E-state index is -0.500. The average Bonchev–Trinajstić information content (AvgIpc) is 1.93. The number of nitrogens with zero attached hydrogens (tertiary/aromatic N) is 1. The van der Waals surface area contributed by atoms with E-state index in [9.17, 15) is 8.78 Å². The fourth-order valence-electron chi connectivity index (χ4n) is 1.51. The molecule has 0 aromatic carbocycles. The predicted octanol–water partition coefficient (Wildman–Crippen LogP) is 2.63. The molecule has 0 N–H and O–H groups in total. The number of hydrogen-bond acceptors (Lipinski definition) is 1. The summed E-state index contributed by atoms with van der Waals surface area (Å²) in [7, 11) is 0. The van der Waals surface area contributed by atoms with Gasteiger partial charge in [-0.25, -0.2) is 8.78 Å². The lowest BCUT2D eigenvalue weighted by Gasteiger charge is -2.26. The summed E-state index contributed by atoms with van der Waals surface area (Å²) in [6.07, 6.45) is 5.04. The van der Waals surface area contributed by atoms with Crippen molar-refractivity contribution in [3.05, 3.63) is 29.6 Å². The number of hydrogen-bond donors (Lipinski definition) is 0. The first kappa shape index (κ1) is 7.65. The monoisotopic (exact) mass is 169 g/mol. The van der Waals surface area contributed by atoms with Crippen LogP contribution < -0.4 is 0 Å². The van der Waals surface area contributed by atoms with Crippen molar-refractivity contribution in [1.29, 1.82) is 0 Å². The Balaban J connectivity index is 2.39. The van der Waals surface area contributed by atoms with Gasteiger partial charge in [-0.2, -0.15) is 0 Å². The summed E-state index contributed by atoms with van der Waals surface area (Å²) in [6.45, 7) is 0. The number of rotatable bonds is 1. The first-order valence-corrected chi connectivity index (χ1v) is 4.08. The Bertz CT molecular complexity index is 274. The molecule has 0 spiro atoms. The van der Waals surface area contributed by atoms with Crippen LogP contribution >= 0.6 is 0 Å². The molecule has 1 fully saturated rings. The lowest BCUT2D eigenvalue weighted by molar-refractivity contribution is 0.385. The van der Waals surface area contributed by atoms with Crippen molar-refractivity contribution >= 4 is 0 Å². The molecule has 0 saturated heterocycles. The Morgan fingerprint density at radius 3 is 2.17 bits per heavy atom. The Morgan fingerprint density at radius 1 is 1.17 bits per heavy atom. The molecule has 1 aromatic rings. The predicted molar refractivity (Wildman–Crippen MR) is 40.7 cm³/mol. The molecule has 12 heavy (non-hydrogen) atoms. The normalized spacial score (nSPS) is 17.5. The van der Waals surface area contributed by atoms with Crippen LogP contribution in [0.5, 0.6) is 0 Å². The zero-order chi connectivity index (χ0) is 8.55. The van der Waals surface area contributed by atoms with Gasteiger partial charge in [0.25, 0.3) is 0 Å². The molecule has 1 heterocycles. The van der Waals surface area contributed by atoms with E-state index in [-0.39, 0.29) is 11.5 Å². The van der Waals surface area contributed by atoms with Gasteiger partial charge in [0.05, 0.1) is 12.4 Å². The van der Waals surface area contributed by atoms with Crippen molar-refractivity contribution in [2.45, 2.75) is 25.2 Å². The molecule has 2 rings (SSSR count). The van der Waals surface area contributed by atoms with Gasteiger partial charge in [-0.3, -0.25) is 4.98 Å². The van der Waals surface area contributed by atoms with Gasteiger partial charge >= 0.3 is 0 Å². The number of halogens is 2. The van der Waals surface area contributed by atoms with Crippen molar-refractivity contribution in [3.63, 3.8) is 0 Å². The van der Waals surface area contributed by atoms with E-state index in [1.54, 1.807) is 0 Å². The summed E-state index contributed by atoms with van der Waals surface area (Å²) in [5.74, 6) is -0.910. The van der Waals surface area contributed by atoms with Gasteiger partial charge in [-0.05, 0) is 18.8 Å². The fraction of sp³-hybridized carbons (Fsp3) is 0.444. The molecular formula is C9H9F2N. The molecule has 0 bridgehead atoms. The molecule has 0 aliphatic heterocycles. The zero-order valence-electron chi connectivity index (χ0n) is 6.56. The second-order valence-electron chi connectivity index (χ2n) is 3.14. The van der Waals surface area contributed by atoms with Crippen molar-refractivity contribution in [2.24, 2.45) is 0 Å². The smallest absolute Gasteiger partial charge is 0.147 e. The van der Waals surface area contributed by atoms with E-state index in [0.29, 0.717) is 0 Å². The van der Waals surface area contributed by atoms with Crippen LogP contribution in [0.25, 0.3) is 0 Å². The summed E-state index contributed by atoms with van der Waals surface area (Å²) in [4.78, 5) is 3.44. The summed E-state index contributed by atoms with van der Waals surface area (Å²) < 4.78 is 26.0. The maximum absolute atomic E-state index is 13.0. The van der Waals surface area contributed by atoms with E-state index >= 15 is 0 Å². The SMILES string of the molecule is Fc1cncc(F)c1C1CCC1. The highest BCUT2D eigenvalue weighted by molar-refractivity contribution is 5.21. The van der Waals surface area contributed by atoms with Crippen LogP contribution in [0.4, 0.5) is 8.78 Å². The molecule has 1 nitrogen and oxygen atoms in total. The molecule has 0 amide bonds. The Labute approximate surface area is 69.4 Å². The Kier molecular flexibility index (Phi) is 1.79. The molecule has 1 aliphatic rings. The minimum absolute atomic E-state index is 0.0907. The van der Waals surface area contributed by atoms with E-state index in [0.717, 1.165) is 31.7 Å². The van der Waals surface area contributed by atoms with E-state index in [1.165, 1.54) is 0 Å². The van der Waals surface area contributed by atoms with E-state index in [4.69, 9.17) is 0 Å². The quantitative estimate of drug-likeness (QED) is 0.629. The van der Waals surface area contributed by atoms with Crippen molar-refractivity contribution in [3.8, 4) is 0 Å². The molecule has 1 saturated carbocycles. The third kappa shape index (κ3) is 1.09. The third-order valence-corrected chi connectivity index (χ3v) is 2.40. The molecule has 1 aliphatic carbocycles. The van der Waals surface area contributed by atoms with Gasteiger partial charge in [0.15, 0.2) is 0 Å². The zero-order valence-corrected chi connectivity index (χ0v) is 6.56. The summed E-state index contributed by atoms with van der Waals surface area (Å²) in [6, 6.07) is 0. The molecule has 0 atom stereocenters. The highest BCUT2D eigenvalue weighted by atomic mass is 19.1. The van der Waals surface area contributed by atoms with Crippen LogP contribution in [0.15, 0.2) is 12.4 Å². The van der Waals surface area contributed by atoms with Crippen molar-refractivity contribution in [1.82, 2.24) is 4.98 Å². The summed E-state index contributed by atoms with van der Waals surface area (Å²) >= 11 is 0. The topological polar surface area (TPSA) is 12.9 Å². The maximum atomic E-state index is 13.0. The van der Waals surface area contributed by atoms with Crippen LogP contribution in [0.3, 0.4) is 0 Å². The largest absolute Gasteiger partial charge is 0.259 e. The van der Waals surface area contributed by atoms with Crippen LogP contribution in [0.2, 0.25) is 0 Å². The highest BCUT2D eigenvalue weighted by Crippen LogP contribution is 2.38. The first-order valence-electron chi connectivity index (χ1n) is 4.08. The Morgan fingerprint density at radius 2 is 1.75 bits per heavy atom. The summed E-state index contributed by atoms with van der Waals surface area (Å²) in [5.41, 5.74) is 0.233. The molecule has 3 heteroatoms. The van der Waals surface area contributed by atoms with E-state index < -0.39 is 11.6 Å². The summed E-state index contributed by atoms with van der Waals surface area (Å²) in [5, 5.41) is 0. The molecule has 1 aromatic heterocycles. The van der Waals surface area contributed by atoms with Gasteiger partial charge in [-0.15, -0.1) is 0 Å². The van der Waals surface area contributed by atoms with Crippen molar-refractivity contribution in [2.75, 3.05) is 0 Å². The standard InChI is InChI=1S/C9H9F2N/c10-7-4-12-5-8(11)9(7)6-2-1-3-6/h4-6H,1-3H2. The molecule has 64 valence electrons.